The second-order valence-corrected chi connectivity index (χ2v) is 4.09. The van der Waals surface area contributed by atoms with Crippen molar-refractivity contribution >= 4 is 17.4 Å². The highest BCUT2D eigenvalue weighted by Gasteiger charge is 2.22. The third kappa shape index (κ3) is 2.62. The summed E-state index contributed by atoms with van der Waals surface area (Å²) in [5, 5.41) is 5.83. The Morgan fingerprint density at radius 2 is 2.38 bits per heavy atom. The first-order valence-electron chi connectivity index (χ1n) is 5.41. The summed E-state index contributed by atoms with van der Waals surface area (Å²) < 4.78 is 0. The number of nitrogen functional groups attached to an aromatic ring is 1. The summed E-state index contributed by atoms with van der Waals surface area (Å²) in [6.45, 7) is 2.13. The van der Waals surface area contributed by atoms with Gasteiger partial charge in [0.1, 0.15) is 5.82 Å². The summed E-state index contributed by atoms with van der Waals surface area (Å²) in [5.41, 5.74) is 7.38. The fourth-order valence-corrected chi connectivity index (χ4v) is 1.38. The Hall–Kier alpha value is -1.78. The molecule has 0 unspecified atom stereocenters. The lowest BCUT2D eigenvalue weighted by Crippen LogP contribution is -2.31. The normalized spacial score (nSPS) is 14.6. The van der Waals surface area contributed by atoms with E-state index in [0.29, 0.717) is 17.5 Å². The molecule has 0 saturated heterocycles. The van der Waals surface area contributed by atoms with Crippen LogP contribution in [-0.2, 0) is 4.79 Å². The molecule has 2 rings (SSSR count). The van der Waals surface area contributed by atoms with Crippen LogP contribution in [-0.4, -0.2) is 23.5 Å². The second kappa shape index (κ2) is 4.38. The maximum absolute atomic E-state index is 11.4. The zero-order valence-electron chi connectivity index (χ0n) is 9.29. The predicted octanol–water partition coefficient (Wildman–Crippen LogP) is 0.663. The smallest absolute Gasteiger partial charge is 0.239 e. The van der Waals surface area contributed by atoms with Gasteiger partial charge in [-0.3, -0.25) is 4.79 Å². The van der Waals surface area contributed by atoms with E-state index in [4.69, 9.17) is 5.73 Å². The molecular weight excluding hydrogens is 204 g/mol. The first-order chi connectivity index (χ1) is 7.66. The predicted molar refractivity (Wildman–Crippen MR) is 63.0 cm³/mol. The number of nitrogens with two attached hydrogens (primary N) is 1. The topological polar surface area (TPSA) is 80.0 Å². The number of carbonyl (C=O) groups excluding carboxylic acids is 1. The molecule has 0 aromatic carbocycles. The zero-order chi connectivity index (χ0) is 11.5. The number of aromatic nitrogens is 1. The molecular formula is C11H16N4O. The van der Waals surface area contributed by atoms with E-state index in [9.17, 15) is 4.79 Å². The number of nitrogens with one attached hydrogen (secondary N) is 2. The molecule has 1 fully saturated rings. The van der Waals surface area contributed by atoms with Crippen LogP contribution >= 0.6 is 0 Å². The van der Waals surface area contributed by atoms with Crippen LogP contribution in [0.2, 0.25) is 0 Å². The summed E-state index contributed by atoms with van der Waals surface area (Å²) in [5.74, 6) is 0.566. The highest BCUT2D eigenvalue weighted by Crippen LogP contribution is 2.19. The first kappa shape index (κ1) is 10.7. The van der Waals surface area contributed by atoms with E-state index in [2.05, 4.69) is 15.6 Å². The average Bonchev–Trinajstić information content (AvgIpc) is 3.04. The van der Waals surface area contributed by atoms with Crippen LogP contribution in [0.25, 0.3) is 0 Å². The Morgan fingerprint density at radius 3 is 3.06 bits per heavy atom. The van der Waals surface area contributed by atoms with E-state index < -0.39 is 0 Å². The largest absolute Gasteiger partial charge is 0.396 e. The maximum Gasteiger partial charge on any atom is 0.239 e. The minimum Gasteiger partial charge on any atom is -0.396 e. The summed E-state index contributed by atoms with van der Waals surface area (Å²) in [7, 11) is 0. The molecule has 1 heterocycles. The highest BCUT2D eigenvalue weighted by molar-refractivity contribution is 5.82. The van der Waals surface area contributed by atoms with Gasteiger partial charge in [-0.25, -0.2) is 4.98 Å². The van der Waals surface area contributed by atoms with Gasteiger partial charge in [0.15, 0.2) is 0 Å². The number of aryl methyl sites for hydroxylation is 1. The number of rotatable bonds is 4. The number of pyridine rings is 1. The van der Waals surface area contributed by atoms with Gasteiger partial charge in [-0.05, 0) is 31.4 Å². The van der Waals surface area contributed by atoms with Crippen molar-refractivity contribution in [2.24, 2.45) is 0 Å². The zero-order valence-corrected chi connectivity index (χ0v) is 9.29. The summed E-state index contributed by atoms with van der Waals surface area (Å²) >= 11 is 0. The highest BCUT2D eigenvalue weighted by atomic mass is 16.2. The van der Waals surface area contributed by atoms with Gasteiger partial charge in [0, 0.05) is 12.2 Å². The van der Waals surface area contributed by atoms with Crippen molar-refractivity contribution < 1.29 is 4.79 Å². The lowest BCUT2D eigenvalue weighted by molar-refractivity contribution is -0.119. The second-order valence-electron chi connectivity index (χ2n) is 4.09. The van der Waals surface area contributed by atoms with Crippen molar-refractivity contribution in [3.05, 3.63) is 17.8 Å². The Kier molecular flexibility index (Phi) is 2.94. The van der Waals surface area contributed by atoms with Crippen molar-refractivity contribution in [3.63, 3.8) is 0 Å². The number of hydrogen-bond donors (Lipinski definition) is 3. The fraction of sp³-hybridized carbons (Fsp3) is 0.455. The van der Waals surface area contributed by atoms with E-state index >= 15 is 0 Å². The lowest BCUT2D eigenvalue weighted by Gasteiger charge is -2.09. The minimum absolute atomic E-state index is 0.00907. The molecule has 0 spiro atoms. The van der Waals surface area contributed by atoms with Gasteiger partial charge >= 0.3 is 0 Å². The van der Waals surface area contributed by atoms with E-state index in [-0.39, 0.29) is 12.5 Å². The Balaban J connectivity index is 1.88. The van der Waals surface area contributed by atoms with Crippen molar-refractivity contribution in [2.75, 3.05) is 17.6 Å². The molecule has 1 aliphatic rings. The van der Waals surface area contributed by atoms with Gasteiger partial charge in [0.2, 0.25) is 5.91 Å². The molecule has 0 bridgehead atoms. The number of nitrogens with zero attached hydrogens (tertiary/aromatic N) is 1. The van der Waals surface area contributed by atoms with Gasteiger partial charge in [0.25, 0.3) is 0 Å². The molecule has 1 amide bonds. The van der Waals surface area contributed by atoms with Gasteiger partial charge in [-0.1, -0.05) is 0 Å². The van der Waals surface area contributed by atoms with E-state index in [1.165, 1.54) is 0 Å². The third-order valence-electron chi connectivity index (χ3n) is 2.57. The number of amides is 1. The molecule has 1 saturated carbocycles. The summed E-state index contributed by atoms with van der Waals surface area (Å²) in [4.78, 5) is 15.5. The monoisotopic (exact) mass is 220 g/mol. The van der Waals surface area contributed by atoms with E-state index in [1.807, 2.05) is 13.0 Å². The van der Waals surface area contributed by atoms with Crippen LogP contribution in [0, 0.1) is 6.92 Å². The van der Waals surface area contributed by atoms with Crippen molar-refractivity contribution in [1.82, 2.24) is 10.3 Å². The van der Waals surface area contributed by atoms with Gasteiger partial charge in [0.05, 0.1) is 12.2 Å². The molecule has 1 aromatic heterocycles. The Labute approximate surface area is 94.4 Å². The molecule has 0 aliphatic heterocycles. The molecule has 16 heavy (non-hydrogen) atoms. The lowest BCUT2D eigenvalue weighted by atomic mass is 10.2. The average molecular weight is 220 g/mol. The third-order valence-corrected chi connectivity index (χ3v) is 2.57. The Bertz CT molecular complexity index is 401. The molecule has 0 radical (unpaired) electrons. The maximum atomic E-state index is 11.4. The van der Waals surface area contributed by atoms with Crippen molar-refractivity contribution in [2.45, 2.75) is 25.8 Å². The number of anilines is 2. The SMILES string of the molecule is Cc1ccnc(NCC(=O)NC2CC2)c1N. The molecule has 0 atom stereocenters. The van der Waals surface area contributed by atoms with Gasteiger partial charge in [-0.15, -0.1) is 0 Å². The quantitative estimate of drug-likeness (QED) is 0.696. The summed E-state index contributed by atoms with van der Waals surface area (Å²) in [6, 6.07) is 2.22. The number of carbonyl (C=O) groups is 1. The minimum atomic E-state index is -0.00907. The molecule has 1 aliphatic carbocycles. The van der Waals surface area contributed by atoms with Gasteiger partial charge < -0.3 is 16.4 Å². The van der Waals surface area contributed by atoms with Crippen molar-refractivity contribution in [3.8, 4) is 0 Å². The van der Waals surface area contributed by atoms with Crippen LogP contribution in [0.3, 0.4) is 0 Å². The van der Waals surface area contributed by atoms with Gasteiger partial charge in [-0.2, -0.15) is 0 Å². The fourth-order valence-electron chi connectivity index (χ4n) is 1.38. The van der Waals surface area contributed by atoms with Crippen LogP contribution in [0.1, 0.15) is 18.4 Å². The van der Waals surface area contributed by atoms with Crippen LogP contribution in [0.15, 0.2) is 12.3 Å². The standard InChI is InChI=1S/C11H16N4O/c1-7-4-5-13-11(10(7)12)14-6-9(16)15-8-2-3-8/h4-5,8H,2-3,6,12H2,1H3,(H,13,14)(H,15,16). The van der Waals surface area contributed by atoms with Crippen LogP contribution in [0.4, 0.5) is 11.5 Å². The molecule has 5 nitrogen and oxygen atoms in total. The molecule has 1 aromatic rings. The van der Waals surface area contributed by atoms with Crippen molar-refractivity contribution in [1.29, 1.82) is 0 Å². The molecule has 4 N–H and O–H groups in total. The first-order valence-corrected chi connectivity index (χ1v) is 5.41. The van der Waals surface area contributed by atoms with Crippen LogP contribution in [0.5, 0.6) is 0 Å². The Morgan fingerprint density at radius 1 is 1.62 bits per heavy atom. The van der Waals surface area contributed by atoms with Crippen LogP contribution < -0.4 is 16.4 Å². The summed E-state index contributed by atoms with van der Waals surface area (Å²) in [6.07, 6.45) is 3.86. The van der Waals surface area contributed by atoms with E-state index in [0.717, 1.165) is 18.4 Å². The number of hydrogen-bond acceptors (Lipinski definition) is 4. The molecule has 86 valence electrons. The molecule has 5 heteroatoms. The van der Waals surface area contributed by atoms with E-state index in [1.54, 1.807) is 6.20 Å².